The minimum Gasteiger partial charge on any atom is -0.426 e. The van der Waals surface area contributed by atoms with Gasteiger partial charge in [0.15, 0.2) is 0 Å². The number of rotatable bonds is 2. The number of esters is 1. The first-order valence-corrected chi connectivity index (χ1v) is 8.81. The average molecular weight is 339 g/mol. The van der Waals surface area contributed by atoms with E-state index < -0.39 is 0 Å². The quantitative estimate of drug-likeness (QED) is 0.424. The van der Waals surface area contributed by atoms with E-state index in [1.165, 1.54) is 6.42 Å². The largest absolute Gasteiger partial charge is 0.426 e. The van der Waals surface area contributed by atoms with Gasteiger partial charge < -0.3 is 4.74 Å². The van der Waals surface area contributed by atoms with E-state index in [1.807, 2.05) is 13.0 Å². The maximum atomic E-state index is 12.9. The van der Waals surface area contributed by atoms with E-state index in [0.29, 0.717) is 22.6 Å². The summed E-state index contributed by atoms with van der Waals surface area (Å²) in [6, 6.07) is 5.37. The van der Waals surface area contributed by atoms with Crippen LogP contribution in [0.5, 0.6) is 5.75 Å². The Hall–Kier alpha value is -0.730. The Balaban J connectivity index is 1.60. The van der Waals surface area contributed by atoms with Gasteiger partial charge in [-0.05, 0) is 81.0 Å². The molecule has 1 aromatic rings. The zero-order valence-electron chi connectivity index (χ0n) is 12.7. The van der Waals surface area contributed by atoms with Gasteiger partial charge in [-0.3, -0.25) is 4.79 Å². The van der Waals surface area contributed by atoms with Crippen molar-refractivity contribution in [2.45, 2.75) is 50.3 Å². The van der Waals surface area contributed by atoms with Crippen molar-refractivity contribution in [2.24, 2.45) is 17.3 Å². The molecule has 1 aromatic carbocycles. The number of ether oxygens (including phenoxy) is 1. The third kappa shape index (κ3) is 2.35. The molecule has 4 aliphatic rings. The second kappa shape index (κ2) is 4.88. The number of alkyl halides is 1. The zero-order valence-corrected chi connectivity index (χ0v) is 14.2. The van der Waals surface area contributed by atoms with Crippen molar-refractivity contribution in [2.75, 3.05) is 0 Å². The molecule has 0 aliphatic heterocycles. The number of halogens is 2. The summed E-state index contributed by atoms with van der Waals surface area (Å²) in [5, 5.41) is 0.659. The van der Waals surface area contributed by atoms with Gasteiger partial charge in [-0.1, -0.05) is 11.6 Å². The predicted molar refractivity (Wildman–Crippen MR) is 87.5 cm³/mol. The molecule has 2 nitrogen and oxygen atoms in total. The molecule has 0 radical (unpaired) electrons. The van der Waals surface area contributed by atoms with Crippen LogP contribution in [0, 0.1) is 24.2 Å². The van der Waals surface area contributed by atoms with Gasteiger partial charge in [-0.2, -0.15) is 0 Å². The lowest BCUT2D eigenvalue weighted by Crippen LogP contribution is -2.56. The van der Waals surface area contributed by atoms with Gasteiger partial charge in [-0.25, -0.2) is 0 Å². The number of hydrogen-bond donors (Lipinski definition) is 0. The fourth-order valence-corrected chi connectivity index (χ4v) is 6.24. The van der Waals surface area contributed by atoms with Crippen LogP contribution in [0.15, 0.2) is 18.2 Å². The van der Waals surface area contributed by atoms with Crippen molar-refractivity contribution < 1.29 is 9.53 Å². The molecule has 0 N–H and O–H groups in total. The molecule has 4 fully saturated rings. The van der Waals surface area contributed by atoms with Crippen molar-refractivity contribution in [3.63, 3.8) is 0 Å². The van der Waals surface area contributed by atoms with Crippen LogP contribution >= 0.6 is 23.2 Å². The minimum atomic E-state index is -0.363. The van der Waals surface area contributed by atoms with E-state index in [9.17, 15) is 4.79 Å². The van der Waals surface area contributed by atoms with Crippen molar-refractivity contribution >= 4 is 29.2 Å². The average Bonchev–Trinajstić information content (AvgIpc) is 2.39. The highest BCUT2D eigenvalue weighted by molar-refractivity contribution is 6.30. The SMILES string of the molecule is Cc1cc(Cl)ccc1OC(=O)C12C[C@@H]3C[C@@H](CC(Cl)(C3)C1)C2. The highest BCUT2D eigenvalue weighted by Gasteiger charge is 2.60. The molecule has 4 bridgehead atoms. The van der Waals surface area contributed by atoms with Gasteiger partial charge in [0.1, 0.15) is 5.75 Å². The number of carbonyl (C=O) groups excluding carboxylic acids is 1. The lowest BCUT2D eigenvalue weighted by molar-refractivity contribution is -0.160. The van der Waals surface area contributed by atoms with Crippen LogP contribution in [-0.2, 0) is 4.79 Å². The molecular formula is C18H20Cl2O2. The summed E-state index contributed by atoms with van der Waals surface area (Å²) in [5.74, 6) is 1.72. The molecule has 0 heterocycles. The zero-order chi connectivity index (χ0) is 15.5. The molecule has 4 saturated carbocycles. The maximum absolute atomic E-state index is 12.9. The van der Waals surface area contributed by atoms with Gasteiger partial charge in [0.05, 0.1) is 5.41 Å². The summed E-state index contributed by atoms with van der Waals surface area (Å²) in [5.41, 5.74) is 0.531. The minimum absolute atomic E-state index is 0.0861. The third-order valence-electron chi connectivity index (χ3n) is 5.76. The van der Waals surface area contributed by atoms with E-state index in [-0.39, 0.29) is 16.3 Å². The van der Waals surface area contributed by atoms with Gasteiger partial charge in [-0.15, -0.1) is 11.6 Å². The van der Waals surface area contributed by atoms with Crippen molar-refractivity contribution in [3.8, 4) is 5.75 Å². The molecule has 4 heteroatoms. The van der Waals surface area contributed by atoms with E-state index in [4.69, 9.17) is 27.9 Å². The fraction of sp³-hybridized carbons (Fsp3) is 0.611. The number of carbonyl (C=O) groups is 1. The van der Waals surface area contributed by atoms with Crippen LogP contribution in [0.2, 0.25) is 5.02 Å². The molecule has 2 unspecified atom stereocenters. The number of hydrogen-bond acceptors (Lipinski definition) is 2. The molecule has 22 heavy (non-hydrogen) atoms. The monoisotopic (exact) mass is 338 g/mol. The lowest BCUT2D eigenvalue weighted by atomic mass is 9.49. The molecule has 4 atom stereocenters. The van der Waals surface area contributed by atoms with Crippen LogP contribution in [0.4, 0.5) is 0 Å². The Morgan fingerprint density at radius 2 is 1.91 bits per heavy atom. The summed E-state index contributed by atoms with van der Waals surface area (Å²) in [6.07, 6.45) is 6.05. The van der Waals surface area contributed by atoms with Gasteiger partial charge >= 0.3 is 5.97 Å². The second-order valence-electron chi connectivity index (χ2n) is 7.69. The van der Waals surface area contributed by atoms with Crippen LogP contribution in [-0.4, -0.2) is 10.8 Å². The standard InChI is InChI=1S/C18H20Cl2O2/c1-11-4-14(19)2-3-15(11)22-16(21)17-6-12-5-13(7-17)9-18(20,8-12)10-17/h2-4,12-13H,5-10H2,1H3/t12-,13+,17?,18?. The number of benzene rings is 1. The molecular weight excluding hydrogens is 319 g/mol. The maximum Gasteiger partial charge on any atom is 0.317 e. The van der Waals surface area contributed by atoms with Crippen LogP contribution in [0.3, 0.4) is 0 Å². The third-order valence-corrected chi connectivity index (χ3v) is 6.44. The molecule has 4 aliphatic carbocycles. The second-order valence-corrected chi connectivity index (χ2v) is 8.93. The normalized spacial score (nSPS) is 39.0. The summed E-state index contributed by atoms with van der Waals surface area (Å²) < 4.78 is 5.77. The number of aryl methyl sites for hydroxylation is 1. The first-order chi connectivity index (χ1) is 10.4. The summed E-state index contributed by atoms with van der Waals surface area (Å²) in [7, 11) is 0. The fourth-order valence-electron chi connectivity index (χ4n) is 5.33. The highest BCUT2D eigenvalue weighted by atomic mass is 35.5. The Bertz CT molecular complexity index is 626. The predicted octanol–water partition coefficient (Wildman–Crippen LogP) is 5.13. The van der Waals surface area contributed by atoms with Gasteiger partial charge in [0.2, 0.25) is 0 Å². The highest BCUT2D eigenvalue weighted by Crippen LogP contribution is 2.64. The Labute approximate surface area is 141 Å². The van der Waals surface area contributed by atoms with Gasteiger partial charge in [0, 0.05) is 9.90 Å². The van der Waals surface area contributed by atoms with Crippen LogP contribution < -0.4 is 4.74 Å². The molecule has 0 saturated heterocycles. The first-order valence-electron chi connectivity index (χ1n) is 8.05. The van der Waals surface area contributed by atoms with Crippen molar-refractivity contribution in [1.82, 2.24) is 0 Å². The summed E-state index contributed by atoms with van der Waals surface area (Å²) in [4.78, 5) is 12.8. The van der Waals surface area contributed by atoms with Gasteiger partial charge in [0.25, 0.3) is 0 Å². The molecule has 0 spiro atoms. The van der Waals surface area contributed by atoms with E-state index >= 15 is 0 Å². The van der Waals surface area contributed by atoms with Crippen molar-refractivity contribution in [1.29, 1.82) is 0 Å². The summed E-state index contributed by atoms with van der Waals surface area (Å²) in [6.45, 7) is 1.91. The smallest absolute Gasteiger partial charge is 0.317 e. The van der Waals surface area contributed by atoms with E-state index in [1.54, 1.807) is 12.1 Å². The first kappa shape index (κ1) is 14.8. The topological polar surface area (TPSA) is 26.3 Å². The van der Waals surface area contributed by atoms with E-state index in [2.05, 4.69) is 0 Å². The van der Waals surface area contributed by atoms with Crippen molar-refractivity contribution in [3.05, 3.63) is 28.8 Å². The Kier molecular flexibility index (Phi) is 3.29. The van der Waals surface area contributed by atoms with E-state index in [0.717, 1.165) is 37.7 Å². The molecule has 0 aromatic heterocycles. The lowest BCUT2D eigenvalue weighted by Gasteiger charge is -2.58. The molecule has 0 amide bonds. The molecule has 118 valence electrons. The molecule has 5 rings (SSSR count). The van der Waals surface area contributed by atoms with Crippen LogP contribution in [0.25, 0.3) is 0 Å². The Morgan fingerprint density at radius 1 is 1.23 bits per heavy atom. The Morgan fingerprint density at radius 3 is 2.50 bits per heavy atom. The summed E-state index contributed by atoms with van der Waals surface area (Å²) >= 11 is 12.8. The van der Waals surface area contributed by atoms with Crippen LogP contribution in [0.1, 0.15) is 44.1 Å².